The van der Waals surface area contributed by atoms with Crippen molar-refractivity contribution in [3.05, 3.63) is 99.8 Å². The van der Waals surface area contributed by atoms with Gasteiger partial charge in [0.25, 0.3) is 0 Å². The minimum Gasteiger partial charge on any atom is -0.506 e. The topological polar surface area (TPSA) is 154 Å². The molecule has 11 nitrogen and oxygen atoms in total. The molecule has 11 heteroatoms. The number of carbonyl (C=O) groups excluding carboxylic acids is 1. The molecule has 0 radical (unpaired) electrons. The summed E-state index contributed by atoms with van der Waals surface area (Å²) in [6, 6.07) is 19.9. The van der Waals surface area contributed by atoms with E-state index < -0.39 is 17.7 Å². The number of phenols is 1. The van der Waals surface area contributed by atoms with Gasteiger partial charge in [0.2, 0.25) is 11.2 Å². The zero-order valence-electron chi connectivity index (χ0n) is 27.8. The molecule has 3 saturated heterocycles. The first-order valence-corrected chi connectivity index (χ1v) is 17.0. The summed E-state index contributed by atoms with van der Waals surface area (Å²) < 4.78 is 17.4. The Kier molecular flexibility index (Phi) is 10.8. The van der Waals surface area contributed by atoms with Crippen LogP contribution in [0.15, 0.2) is 77.6 Å². The second kappa shape index (κ2) is 15.4. The van der Waals surface area contributed by atoms with Crippen LogP contribution in [0, 0.1) is 5.92 Å². The van der Waals surface area contributed by atoms with Crippen molar-refractivity contribution in [1.29, 1.82) is 0 Å². The van der Waals surface area contributed by atoms with Crippen molar-refractivity contribution in [1.82, 2.24) is 15.2 Å². The molecule has 5 N–H and O–H groups in total. The van der Waals surface area contributed by atoms with Crippen molar-refractivity contribution in [3.63, 3.8) is 0 Å². The van der Waals surface area contributed by atoms with Crippen LogP contribution in [0.2, 0.25) is 0 Å². The number of H-pyrrole nitrogens is 1. The number of carbonyl (C=O) groups is 1. The fraction of sp³-hybridized carbons (Fsp3) is 0.421. The number of nitrogens with zero attached hydrogens (tertiary/aromatic N) is 1. The lowest BCUT2D eigenvalue weighted by atomic mass is 9.84. The lowest BCUT2D eigenvalue weighted by molar-refractivity contribution is -0.177. The molecule has 3 unspecified atom stereocenters. The standard InChI is InChI=1S/C38H45N3O8/c1-47-28-10-8-26(9-11-28)38(46,37(45)49-34-24-41-19-16-25(34)17-20-41)27-6-5-7-29(22-27)48-21-4-2-3-18-39-23-33(43)30-12-14-32(42)36-31(30)13-15-35(44)40-36/h5-15,22,25,33-34,39,42-43,46H,2-4,16-21,23-24H2,1H3,(H,40,44). The molecule has 49 heavy (non-hydrogen) atoms. The van der Waals surface area contributed by atoms with Gasteiger partial charge in [-0.3, -0.25) is 9.69 Å². The quantitative estimate of drug-likeness (QED) is 0.0927. The van der Waals surface area contributed by atoms with E-state index in [4.69, 9.17) is 14.2 Å². The number of hydrogen-bond donors (Lipinski definition) is 5. The number of unbranched alkanes of at least 4 members (excludes halogenated alkanes) is 2. The third-order valence-electron chi connectivity index (χ3n) is 9.78. The number of hydrogen-bond acceptors (Lipinski definition) is 10. The van der Waals surface area contributed by atoms with Gasteiger partial charge in [-0.1, -0.05) is 30.3 Å². The maximum Gasteiger partial charge on any atom is 0.348 e. The van der Waals surface area contributed by atoms with Crippen molar-refractivity contribution < 1.29 is 34.3 Å². The van der Waals surface area contributed by atoms with Crippen LogP contribution in [0.3, 0.4) is 0 Å². The minimum absolute atomic E-state index is 0.0411. The Balaban J connectivity index is 1.01. The zero-order chi connectivity index (χ0) is 34.4. The number of esters is 1. The van der Waals surface area contributed by atoms with Gasteiger partial charge in [-0.2, -0.15) is 0 Å². The first kappa shape index (κ1) is 34.4. The lowest BCUT2D eigenvalue weighted by Gasteiger charge is -2.44. The molecule has 0 spiro atoms. The molecule has 3 aliphatic rings. The Morgan fingerprint density at radius 1 is 1.00 bits per heavy atom. The van der Waals surface area contributed by atoms with Gasteiger partial charge in [0.15, 0.2) is 0 Å². The van der Waals surface area contributed by atoms with Gasteiger partial charge < -0.3 is 39.8 Å². The van der Waals surface area contributed by atoms with E-state index in [-0.39, 0.29) is 17.4 Å². The van der Waals surface area contributed by atoms with E-state index in [0.29, 0.717) is 71.3 Å². The van der Waals surface area contributed by atoms with Crippen molar-refractivity contribution >= 4 is 16.9 Å². The van der Waals surface area contributed by atoms with Crippen molar-refractivity contribution in [2.24, 2.45) is 5.92 Å². The van der Waals surface area contributed by atoms with E-state index in [1.54, 1.807) is 61.7 Å². The molecule has 4 heterocycles. The molecule has 3 aliphatic heterocycles. The van der Waals surface area contributed by atoms with E-state index in [1.807, 2.05) is 6.07 Å². The predicted octanol–water partition coefficient (Wildman–Crippen LogP) is 3.99. The number of ether oxygens (including phenoxy) is 3. The van der Waals surface area contributed by atoms with Crippen LogP contribution in [-0.2, 0) is 15.1 Å². The van der Waals surface area contributed by atoms with Crippen LogP contribution in [0.1, 0.15) is 54.9 Å². The van der Waals surface area contributed by atoms with Crippen LogP contribution in [0.5, 0.6) is 17.2 Å². The van der Waals surface area contributed by atoms with Gasteiger partial charge in [-0.25, -0.2) is 4.79 Å². The highest BCUT2D eigenvalue weighted by molar-refractivity contribution is 5.87. The number of benzene rings is 3. The number of aromatic amines is 1. The minimum atomic E-state index is -2.03. The maximum atomic E-state index is 13.9. The summed E-state index contributed by atoms with van der Waals surface area (Å²) in [4.78, 5) is 30.5. The van der Waals surface area contributed by atoms with Crippen molar-refractivity contribution in [3.8, 4) is 17.2 Å². The van der Waals surface area contributed by atoms with Crippen LogP contribution in [-0.4, -0.2) is 83.7 Å². The number of methoxy groups -OCH3 is 1. The molecule has 3 fully saturated rings. The van der Waals surface area contributed by atoms with Gasteiger partial charge >= 0.3 is 5.97 Å². The summed E-state index contributed by atoms with van der Waals surface area (Å²) in [5.41, 5.74) is -0.654. The smallest absolute Gasteiger partial charge is 0.348 e. The first-order chi connectivity index (χ1) is 23.8. The average Bonchev–Trinajstić information content (AvgIpc) is 3.13. The third-order valence-corrected chi connectivity index (χ3v) is 9.78. The average molecular weight is 672 g/mol. The normalized spacial score (nSPS) is 20.4. The first-order valence-electron chi connectivity index (χ1n) is 17.0. The Bertz CT molecular complexity index is 1790. The molecule has 0 saturated carbocycles. The molecule has 260 valence electrons. The Hall–Kier alpha value is -4.42. The molecular weight excluding hydrogens is 626 g/mol. The third kappa shape index (κ3) is 7.75. The van der Waals surface area contributed by atoms with Crippen LogP contribution < -0.4 is 20.3 Å². The van der Waals surface area contributed by atoms with Crippen molar-refractivity contribution in [2.45, 2.75) is 49.9 Å². The van der Waals surface area contributed by atoms with Gasteiger partial charge in [-0.15, -0.1) is 0 Å². The number of rotatable bonds is 15. The monoisotopic (exact) mass is 671 g/mol. The van der Waals surface area contributed by atoms with Gasteiger partial charge in [-0.05, 0) is 105 Å². The predicted molar refractivity (Wildman–Crippen MR) is 185 cm³/mol. The number of pyridine rings is 1. The molecule has 1 aromatic heterocycles. The molecule has 3 aromatic carbocycles. The summed E-state index contributed by atoms with van der Waals surface area (Å²) in [5.74, 6) is 0.727. The highest BCUT2D eigenvalue weighted by Gasteiger charge is 2.45. The van der Waals surface area contributed by atoms with Crippen LogP contribution in [0.25, 0.3) is 10.9 Å². The molecule has 2 bridgehead atoms. The maximum absolute atomic E-state index is 13.9. The Labute approximate surface area is 285 Å². The summed E-state index contributed by atoms with van der Waals surface area (Å²) in [5, 5.41) is 36.9. The number of aromatic nitrogens is 1. The largest absolute Gasteiger partial charge is 0.506 e. The number of phenolic OH excluding ortho intramolecular Hbond substituents is 1. The summed E-state index contributed by atoms with van der Waals surface area (Å²) in [7, 11) is 1.57. The van der Waals surface area contributed by atoms with Crippen molar-refractivity contribution in [2.75, 3.05) is 46.4 Å². The number of fused-ring (bicyclic) bond motifs is 4. The highest BCUT2D eigenvalue weighted by Crippen LogP contribution is 2.37. The number of aromatic hydroxyl groups is 1. The van der Waals surface area contributed by atoms with E-state index in [1.165, 1.54) is 12.1 Å². The number of aliphatic hydroxyl groups excluding tert-OH is 1. The Morgan fingerprint density at radius 2 is 1.80 bits per heavy atom. The Morgan fingerprint density at radius 3 is 2.53 bits per heavy atom. The fourth-order valence-electron chi connectivity index (χ4n) is 6.93. The summed E-state index contributed by atoms with van der Waals surface area (Å²) in [6.07, 6.45) is 3.44. The fourth-order valence-corrected chi connectivity index (χ4v) is 6.93. The van der Waals surface area contributed by atoms with Gasteiger partial charge in [0.05, 0.1) is 25.3 Å². The number of piperidine rings is 3. The molecule has 0 amide bonds. The number of nitrogens with one attached hydrogen (secondary N) is 2. The second-order valence-electron chi connectivity index (χ2n) is 13.0. The van der Waals surface area contributed by atoms with E-state index in [2.05, 4.69) is 15.2 Å². The SMILES string of the molecule is COc1ccc(C(O)(C(=O)OC2CN3CCC2CC3)c2cccc(OCCCCCNCC(O)c3ccc(O)c4[nH]c(=O)ccc34)c2)cc1. The van der Waals surface area contributed by atoms with E-state index in [9.17, 15) is 24.9 Å². The molecule has 0 aliphatic carbocycles. The summed E-state index contributed by atoms with van der Waals surface area (Å²) in [6.45, 7) is 4.19. The van der Waals surface area contributed by atoms with Gasteiger partial charge in [0.1, 0.15) is 23.4 Å². The molecule has 3 atom stereocenters. The molecule has 4 aromatic rings. The summed E-state index contributed by atoms with van der Waals surface area (Å²) >= 11 is 0. The molecule has 7 rings (SSSR count). The molecular formula is C38H45N3O8. The zero-order valence-corrected chi connectivity index (χ0v) is 27.8. The van der Waals surface area contributed by atoms with Crippen LogP contribution >= 0.6 is 0 Å². The lowest BCUT2D eigenvalue weighted by Crippen LogP contribution is -2.53. The highest BCUT2D eigenvalue weighted by atomic mass is 16.6. The van der Waals surface area contributed by atoms with E-state index >= 15 is 0 Å². The number of aliphatic hydroxyl groups is 2. The second-order valence-corrected chi connectivity index (χ2v) is 13.0. The van der Waals surface area contributed by atoms with Gasteiger partial charge in [0, 0.05) is 30.1 Å². The van der Waals surface area contributed by atoms with Crippen LogP contribution in [0.4, 0.5) is 0 Å². The van der Waals surface area contributed by atoms with E-state index in [0.717, 1.165) is 45.2 Å².